The number of nitrogens with zero attached hydrogens (tertiary/aromatic N) is 1. The van der Waals surface area contributed by atoms with E-state index in [1.165, 1.54) is 19.3 Å². The van der Waals surface area contributed by atoms with Gasteiger partial charge in [0.1, 0.15) is 11.8 Å². The quantitative estimate of drug-likeness (QED) is 0.297. The molecule has 0 aromatic carbocycles. The highest BCUT2D eigenvalue weighted by Crippen LogP contribution is 2.70. The average Bonchev–Trinajstić information content (AvgIpc) is 3.31. The molecule has 2 aliphatic heterocycles. The topological polar surface area (TPSA) is 55.8 Å². The Morgan fingerprint density at radius 2 is 1.89 bits per heavy atom. The lowest BCUT2D eigenvalue weighted by Crippen LogP contribution is -2.60. The zero-order chi connectivity index (χ0) is 27.0. The van der Waals surface area contributed by atoms with Gasteiger partial charge in [0.2, 0.25) is 5.91 Å². The summed E-state index contributed by atoms with van der Waals surface area (Å²) in [4.78, 5) is 27.1. The van der Waals surface area contributed by atoms with Gasteiger partial charge in [-0.25, -0.2) is 0 Å². The first kappa shape index (κ1) is 26.8. The Kier molecular flexibility index (Phi) is 6.60. The first-order valence-corrected chi connectivity index (χ1v) is 15.9. The van der Waals surface area contributed by atoms with Gasteiger partial charge in [0.25, 0.3) is 0 Å². The molecule has 0 radical (unpaired) electrons. The van der Waals surface area contributed by atoms with E-state index >= 15 is 0 Å². The maximum absolute atomic E-state index is 12.8. The molecule has 2 saturated heterocycles. The van der Waals surface area contributed by atoms with Gasteiger partial charge in [0.05, 0.1) is 6.10 Å². The van der Waals surface area contributed by atoms with Gasteiger partial charge < -0.3 is 14.4 Å². The summed E-state index contributed by atoms with van der Waals surface area (Å²) in [6.07, 6.45) is 14.4. The fourth-order valence-corrected chi connectivity index (χ4v) is 11.0. The molecule has 0 aromatic rings. The Labute approximate surface area is 230 Å². The predicted octanol–water partition coefficient (Wildman–Crippen LogP) is 6.90. The van der Waals surface area contributed by atoms with Crippen LogP contribution in [0.1, 0.15) is 112 Å². The number of rotatable bonds is 3. The number of likely N-dealkylation sites (tertiary alicyclic amines) is 1. The van der Waals surface area contributed by atoms with Crippen LogP contribution in [0.3, 0.4) is 0 Å². The van der Waals surface area contributed by atoms with Crippen LogP contribution in [0.5, 0.6) is 0 Å². The van der Waals surface area contributed by atoms with Crippen LogP contribution in [0.15, 0.2) is 11.6 Å². The second-order valence-electron chi connectivity index (χ2n) is 14.7. The van der Waals surface area contributed by atoms with E-state index < -0.39 is 5.72 Å². The van der Waals surface area contributed by atoms with Crippen LogP contribution in [0.4, 0.5) is 0 Å². The zero-order valence-corrected chi connectivity index (χ0v) is 24.8. The second kappa shape index (κ2) is 9.35. The monoisotopic (exact) mass is 525 g/mol. The van der Waals surface area contributed by atoms with Crippen molar-refractivity contribution in [3.63, 3.8) is 0 Å². The first-order valence-electron chi connectivity index (χ1n) is 15.9. The Morgan fingerprint density at radius 1 is 1.11 bits per heavy atom. The molecule has 11 atom stereocenters. The van der Waals surface area contributed by atoms with Gasteiger partial charge in [-0.3, -0.25) is 9.59 Å². The highest BCUT2D eigenvalue weighted by atomic mass is 16.5. The largest absolute Gasteiger partial charge is 0.462 e. The smallest absolute Gasteiger partial charge is 0.306 e. The van der Waals surface area contributed by atoms with E-state index in [-0.39, 0.29) is 34.9 Å². The van der Waals surface area contributed by atoms with Gasteiger partial charge in [-0.1, -0.05) is 46.3 Å². The van der Waals surface area contributed by atoms with Crippen molar-refractivity contribution in [2.45, 2.75) is 130 Å². The van der Waals surface area contributed by atoms with Crippen molar-refractivity contribution in [2.24, 2.45) is 46.3 Å². The van der Waals surface area contributed by atoms with Gasteiger partial charge >= 0.3 is 5.97 Å². The van der Waals surface area contributed by atoms with Crippen LogP contribution in [-0.2, 0) is 19.1 Å². The van der Waals surface area contributed by atoms with Gasteiger partial charge in [-0.2, -0.15) is 0 Å². The van der Waals surface area contributed by atoms with E-state index in [4.69, 9.17) is 9.47 Å². The van der Waals surface area contributed by atoms with Gasteiger partial charge in [-0.15, -0.1) is 0 Å². The summed E-state index contributed by atoms with van der Waals surface area (Å²) in [5.74, 6) is 3.76. The van der Waals surface area contributed by atoms with Crippen molar-refractivity contribution in [2.75, 3.05) is 6.54 Å². The minimum atomic E-state index is -0.391. The van der Waals surface area contributed by atoms with Crippen LogP contribution in [0.25, 0.3) is 0 Å². The van der Waals surface area contributed by atoms with Crippen LogP contribution < -0.4 is 0 Å². The summed E-state index contributed by atoms with van der Waals surface area (Å²) < 4.78 is 13.0. The zero-order valence-electron chi connectivity index (χ0n) is 24.8. The molecule has 38 heavy (non-hydrogen) atoms. The molecular weight excluding hydrogens is 474 g/mol. The minimum Gasteiger partial charge on any atom is -0.462 e. The van der Waals surface area contributed by atoms with Crippen molar-refractivity contribution in [1.82, 2.24) is 4.90 Å². The van der Waals surface area contributed by atoms with E-state index in [1.54, 1.807) is 12.5 Å². The molecule has 1 amide bonds. The van der Waals surface area contributed by atoms with Crippen LogP contribution in [0.2, 0.25) is 0 Å². The van der Waals surface area contributed by atoms with Crippen molar-refractivity contribution < 1.29 is 19.1 Å². The number of allylic oxidation sites excluding steroid dienone is 1. The van der Waals surface area contributed by atoms with E-state index in [0.29, 0.717) is 36.0 Å². The SMILES string of the molecule is CCCC(=O)O[C@@H]1CC[C@@]2(C)C(=CC[C@@H]3[C@@H]4C[C@@H]5O[C@]6(CC[C@H](C)CN6C(C)=O)[C@@H](C)[C@@H]5[C@@]4(C)CC[C@@H]32)C1. The molecule has 0 unspecified atom stereocenters. The molecule has 6 rings (SSSR count). The van der Waals surface area contributed by atoms with Gasteiger partial charge in [0.15, 0.2) is 0 Å². The van der Waals surface area contributed by atoms with Crippen molar-refractivity contribution in [1.29, 1.82) is 0 Å². The van der Waals surface area contributed by atoms with Crippen LogP contribution >= 0.6 is 0 Å². The third kappa shape index (κ3) is 3.79. The number of hydrogen-bond donors (Lipinski definition) is 0. The standard InChI is InChI=1S/C33H51NO4/c1-7-8-29(36)37-24-12-14-31(5)23(17-24)9-10-25-26(31)13-15-32(6)27(25)18-28-30(32)21(3)33(38-28)16-11-20(2)19-34(33)22(4)35/h9,20-21,24-28,30H,7-8,10-19H2,1-6H3/t20-,21-,24+,25-,26-,27-,28-,30-,31-,32-,33+/m0/s1. The highest BCUT2D eigenvalue weighted by Gasteiger charge is 2.69. The van der Waals surface area contributed by atoms with Crippen LogP contribution in [-0.4, -0.2) is 41.3 Å². The first-order chi connectivity index (χ1) is 18.0. The molecule has 0 bridgehead atoms. The molecule has 6 aliphatic rings. The number of carbonyl (C=O) groups excluding carboxylic acids is 2. The van der Waals surface area contributed by atoms with Crippen LogP contribution in [0, 0.1) is 46.3 Å². The van der Waals surface area contributed by atoms with E-state index in [0.717, 1.165) is 57.4 Å². The third-order valence-corrected chi connectivity index (χ3v) is 12.8. The predicted molar refractivity (Wildman–Crippen MR) is 148 cm³/mol. The molecule has 212 valence electrons. The summed E-state index contributed by atoms with van der Waals surface area (Å²) >= 11 is 0. The minimum absolute atomic E-state index is 0.0241. The molecule has 3 saturated carbocycles. The summed E-state index contributed by atoms with van der Waals surface area (Å²) in [6.45, 7) is 14.4. The lowest BCUT2D eigenvalue weighted by atomic mass is 9.46. The van der Waals surface area contributed by atoms with E-state index in [9.17, 15) is 9.59 Å². The van der Waals surface area contributed by atoms with E-state index in [2.05, 4.69) is 38.7 Å². The number of fused-ring (bicyclic) bond motifs is 7. The molecule has 5 fully saturated rings. The van der Waals surface area contributed by atoms with Gasteiger partial charge in [0, 0.05) is 32.2 Å². The number of piperidine rings is 1. The molecule has 2 heterocycles. The van der Waals surface area contributed by atoms with Crippen molar-refractivity contribution in [3.05, 3.63) is 11.6 Å². The molecule has 4 aliphatic carbocycles. The molecular formula is C33H51NO4. The molecule has 0 N–H and O–H groups in total. The van der Waals surface area contributed by atoms with Crippen molar-refractivity contribution in [3.8, 4) is 0 Å². The number of amides is 1. The van der Waals surface area contributed by atoms with E-state index in [1.807, 2.05) is 6.92 Å². The van der Waals surface area contributed by atoms with Crippen molar-refractivity contribution >= 4 is 11.9 Å². The number of carbonyl (C=O) groups is 2. The molecule has 1 spiro atoms. The maximum Gasteiger partial charge on any atom is 0.306 e. The lowest BCUT2D eigenvalue weighted by Gasteiger charge is -2.59. The lowest BCUT2D eigenvalue weighted by molar-refractivity contribution is -0.200. The Morgan fingerprint density at radius 3 is 2.63 bits per heavy atom. The third-order valence-electron chi connectivity index (χ3n) is 12.8. The second-order valence-corrected chi connectivity index (χ2v) is 14.7. The number of esters is 1. The summed E-state index contributed by atoms with van der Waals surface area (Å²) in [5.41, 5.74) is 1.71. The Balaban J connectivity index is 1.22. The molecule has 0 aromatic heterocycles. The average molecular weight is 526 g/mol. The normalized spacial score (nSPS) is 49.5. The number of ether oxygens (including phenoxy) is 2. The summed E-state index contributed by atoms with van der Waals surface area (Å²) in [7, 11) is 0. The molecule has 5 heteroatoms. The molecule has 5 nitrogen and oxygen atoms in total. The van der Waals surface area contributed by atoms with Gasteiger partial charge in [-0.05, 0) is 98.2 Å². The number of hydrogen-bond acceptors (Lipinski definition) is 4. The Hall–Kier alpha value is -1.36. The fourth-order valence-electron chi connectivity index (χ4n) is 11.0. The summed E-state index contributed by atoms with van der Waals surface area (Å²) in [6, 6.07) is 0. The maximum atomic E-state index is 12.8. The highest BCUT2D eigenvalue weighted by molar-refractivity contribution is 5.74. The summed E-state index contributed by atoms with van der Waals surface area (Å²) in [5, 5.41) is 0. The Bertz CT molecular complexity index is 1010. The fraction of sp³-hybridized carbons (Fsp3) is 0.879.